The van der Waals surface area contributed by atoms with Gasteiger partial charge in [-0.2, -0.15) is 0 Å². The summed E-state index contributed by atoms with van der Waals surface area (Å²) < 4.78 is 5.10. The molecule has 2 aromatic carbocycles. The third-order valence-electron chi connectivity index (χ3n) is 3.19. The summed E-state index contributed by atoms with van der Waals surface area (Å²) in [6, 6.07) is 18.9. The lowest BCUT2D eigenvalue weighted by Crippen LogP contribution is -2.26. The molecule has 0 unspecified atom stereocenters. The van der Waals surface area contributed by atoms with Crippen LogP contribution in [0.3, 0.4) is 0 Å². The molecule has 2 aromatic rings. The molecule has 0 fully saturated rings. The van der Waals surface area contributed by atoms with Crippen molar-refractivity contribution < 1.29 is 19.7 Å². The van der Waals surface area contributed by atoms with Gasteiger partial charge < -0.3 is 14.9 Å². The quantitative estimate of drug-likeness (QED) is 0.777. The van der Waals surface area contributed by atoms with E-state index in [1.165, 1.54) is 0 Å². The summed E-state index contributed by atoms with van der Waals surface area (Å²) in [4.78, 5) is 13.6. The van der Waals surface area contributed by atoms with Gasteiger partial charge in [-0.1, -0.05) is 48.2 Å². The van der Waals surface area contributed by atoms with Crippen LogP contribution in [0.25, 0.3) is 0 Å². The standard InChI is InChI=1S/C15H15NO2.C8H10O2/c1-2-18-15(17)16(13-9-5-3-6-10-13)14-11-7-4-8-12-14;9-7-5-3-1-2-4-6-8-10/h3-12H,2H2,1H3;9-10H,5-8H2. The molecule has 0 aliphatic rings. The van der Waals surface area contributed by atoms with Crippen LogP contribution < -0.4 is 4.90 Å². The molecule has 0 spiro atoms. The number of para-hydroxylation sites is 2. The van der Waals surface area contributed by atoms with Crippen molar-refractivity contribution in [3.63, 3.8) is 0 Å². The molecular weight excluding hydrogens is 354 g/mol. The SMILES string of the molecule is CCOC(=O)N(c1ccccc1)c1ccccc1.OCCC#CC#CCCO. The van der Waals surface area contributed by atoms with Gasteiger partial charge in [0, 0.05) is 12.8 Å². The molecule has 0 aliphatic heterocycles. The van der Waals surface area contributed by atoms with Crippen molar-refractivity contribution in [3.05, 3.63) is 60.7 Å². The van der Waals surface area contributed by atoms with Crippen molar-refractivity contribution in [2.75, 3.05) is 24.7 Å². The number of amides is 1. The average molecular weight is 379 g/mol. The Hall–Kier alpha value is -3.25. The minimum Gasteiger partial charge on any atom is -0.449 e. The second-order valence-corrected chi connectivity index (χ2v) is 5.26. The third-order valence-corrected chi connectivity index (χ3v) is 3.19. The molecule has 0 saturated carbocycles. The van der Waals surface area contributed by atoms with Crippen LogP contribution in [0.1, 0.15) is 19.8 Å². The highest BCUT2D eigenvalue weighted by Crippen LogP contribution is 2.25. The first kappa shape index (κ1) is 22.8. The van der Waals surface area contributed by atoms with E-state index in [2.05, 4.69) is 23.7 Å². The number of hydrogen-bond acceptors (Lipinski definition) is 4. The molecule has 146 valence electrons. The molecule has 5 heteroatoms. The van der Waals surface area contributed by atoms with Crippen molar-refractivity contribution in [2.24, 2.45) is 0 Å². The van der Waals surface area contributed by atoms with Gasteiger partial charge in [0.15, 0.2) is 0 Å². The predicted octanol–water partition coefficient (Wildman–Crippen LogP) is 3.74. The predicted molar refractivity (Wildman–Crippen MR) is 111 cm³/mol. The Kier molecular flexibility index (Phi) is 12.1. The first-order valence-electron chi connectivity index (χ1n) is 8.99. The molecule has 0 bridgehead atoms. The number of aliphatic hydroxyl groups excluding tert-OH is 2. The van der Waals surface area contributed by atoms with Gasteiger partial charge in [0.2, 0.25) is 0 Å². The molecule has 2 rings (SSSR count). The Balaban J connectivity index is 0.000000336. The van der Waals surface area contributed by atoms with Gasteiger partial charge >= 0.3 is 6.09 Å². The fourth-order valence-electron chi connectivity index (χ4n) is 2.03. The van der Waals surface area contributed by atoms with Gasteiger partial charge in [0.25, 0.3) is 0 Å². The summed E-state index contributed by atoms with van der Waals surface area (Å²) in [6.07, 6.45) is 0.566. The van der Waals surface area contributed by atoms with Gasteiger partial charge in [-0.3, -0.25) is 0 Å². The molecule has 5 nitrogen and oxygen atoms in total. The van der Waals surface area contributed by atoms with Crippen molar-refractivity contribution in [1.29, 1.82) is 0 Å². The van der Waals surface area contributed by atoms with Gasteiger partial charge in [0.05, 0.1) is 31.2 Å². The van der Waals surface area contributed by atoms with Crippen LogP contribution in [0, 0.1) is 23.7 Å². The smallest absolute Gasteiger partial charge is 0.418 e. The van der Waals surface area contributed by atoms with Gasteiger partial charge in [0.1, 0.15) is 0 Å². The first-order chi connectivity index (χ1) is 13.7. The largest absolute Gasteiger partial charge is 0.449 e. The fourth-order valence-corrected chi connectivity index (χ4v) is 2.03. The second-order valence-electron chi connectivity index (χ2n) is 5.26. The van der Waals surface area contributed by atoms with E-state index in [1.807, 2.05) is 60.7 Å². The number of benzene rings is 2. The summed E-state index contributed by atoms with van der Waals surface area (Å²) in [5.74, 6) is 10.4. The van der Waals surface area contributed by atoms with E-state index in [0.29, 0.717) is 19.4 Å². The molecule has 0 saturated heterocycles. The van der Waals surface area contributed by atoms with Crippen molar-refractivity contribution >= 4 is 17.5 Å². The summed E-state index contributed by atoms with van der Waals surface area (Å²) in [5, 5.41) is 16.6. The van der Waals surface area contributed by atoms with Gasteiger partial charge in [-0.15, -0.1) is 0 Å². The highest BCUT2D eigenvalue weighted by Gasteiger charge is 2.18. The molecule has 0 radical (unpaired) electrons. The number of carbonyl (C=O) groups excluding carboxylic acids is 1. The lowest BCUT2D eigenvalue weighted by Gasteiger charge is -2.21. The highest BCUT2D eigenvalue weighted by molar-refractivity contribution is 5.95. The molecule has 0 aliphatic carbocycles. The zero-order chi connectivity index (χ0) is 20.5. The summed E-state index contributed by atoms with van der Waals surface area (Å²) in [5.41, 5.74) is 1.59. The van der Waals surface area contributed by atoms with Crippen LogP contribution in [0.5, 0.6) is 0 Å². The van der Waals surface area contributed by atoms with Crippen LogP contribution in [-0.2, 0) is 4.74 Å². The van der Waals surface area contributed by atoms with Crippen LogP contribution in [0.15, 0.2) is 60.7 Å². The number of nitrogens with zero attached hydrogens (tertiary/aromatic N) is 1. The lowest BCUT2D eigenvalue weighted by molar-refractivity contribution is 0.162. The minimum atomic E-state index is -0.366. The Morgan fingerprint density at radius 3 is 1.64 bits per heavy atom. The van der Waals surface area contributed by atoms with E-state index in [9.17, 15) is 4.79 Å². The zero-order valence-corrected chi connectivity index (χ0v) is 16.0. The number of hydrogen-bond donors (Lipinski definition) is 2. The monoisotopic (exact) mass is 379 g/mol. The molecule has 0 atom stereocenters. The number of carbonyl (C=O) groups is 1. The summed E-state index contributed by atoms with van der Waals surface area (Å²) >= 11 is 0. The van der Waals surface area contributed by atoms with E-state index in [-0.39, 0.29) is 19.3 Å². The van der Waals surface area contributed by atoms with Gasteiger partial charge in [-0.05, 0) is 43.0 Å². The normalized spacial score (nSPS) is 8.82. The Morgan fingerprint density at radius 2 is 1.29 bits per heavy atom. The molecule has 0 aromatic heterocycles. The fraction of sp³-hybridized carbons (Fsp3) is 0.261. The highest BCUT2D eigenvalue weighted by atomic mass is 16.6. The zero-order valence-electron chi connectivity index (χ0n) is 16.0. The first-order valence-corrected chi connectivity index (χ1v) is 8.99. The van der Waals surface area contributed by atoms with Crippen LogP contribution >= 0.6 is 0 Å². The Labute approximate surface area is 166 Å². The van der Waals surface area contributed by atoms with Crippen LogP contribution in [-0.4, -0.2) is 36.1 Å². The molecule has 0 heterocycles. The topological polar surface area (TPSA) is 70.0 Å². The van der Waals surface area contributed by atoms with Crippen LogP contribution in [0.4, 0.5) is 16.2 Å². The van der Waals surface area contributed by atoms with Gasteiger partial charge in [-0.25, -0.2) is 9.69 Å². The number of anilines is 2. The maximum Gasteiger partial charge on any atom is 0.418 e. The number of rotatable bonds is 5. The van der Waals surface area contributed by atoms with E-state index < -0.39 is 0 Å². The minimum absolute atomic E-state index is 0.0781. The lowest BCUT2D eigenvalue weighted by atomic mass is 10.2. The number of ether oxygens (including phenoxy) is 1. The summed E-state index contributed by atoms with van der Waals surface area (Å²) in [7, 11) is 0. The Morgan fingerprint density at radius 1 is 0.857 bits per heavy atom. The average Bonchev–Trinajstić information content (AvgIpc) is 2.73. The molecule has 28 heavy (non-hydrogen) atoms. The van der Waals surface area contributed by atoms with E-state index >= 15 is 0 Å². The maximum atomic E-state index is 12.0. The van der Waals surface area contributed by atoms with Crippen molar-refractivity contribution in [1.82, 2.24) is 0 Å². The second kappa shape index (κ2) is 14.9. The molecular formula is C23H25NO4. The summed E-state index contributed by atoms with van der Waals surface area (Å²) in [6.45, 7) is 2.31. The van der Waals surface area contributed by atoms with E-state index in [4.69, 9.17) is 14.9 Å². The van der Waals surface area contributed by atoms with Crippen molar-refractivity contribution in [3.8, 4) is 23.7 Å². The van der Waals surface area contributed by atoms with E-state index in [1.54, 1.807) is 11.8 Å². The van der Waals surface area contributed by atoms with Crippen LogP contribution in [0.2, 0.25) is 0 Å². The number of aliphatic hydroxyl groups is 2. The molecule has 2 N–H and O–H groups in total. The van der Waals surface area contributed by atoms with Crippen molar-refractivity contribution in [2.45, 2.75) is 19.8 Å². The molecule has 1 amide bonds. The maximum absolute atomic E-state index is 12.0. The van der Waals surface area contributed by atoms with E-state index in [0.717, 1.165) is 11.4 Å². The third kappa shape index (κ3) is 8.91. The Bertz CT molecular complexity index is 737.